The molecule has 2 aliphatic rings. The van der Waals surface area contributed by atoms with E-state index < -0.39 is 0 Å². The van der Waals surface area contributed by atoms with Crippen molar-refractivity contribution in [1.82, 2.24) is 10.2 Å². The highest BCUT2D eigenvalue weighted by Crippen LogP contribution is 2.23. The molecule has 2 atom stereocenters. The first-order valence-electron chi connectivity index (χ1n) is 6.71. The molecule has 1 aromatic carbocycles. The molecule has 108 valence electrons. The number of rotatable bonds is 2. The van der Waals surface area contributed by atoms with Gasteiger partial charge in [-0.3, -0.25) is 10.1 Å². The number of nitrogens with zero attached hydrogens (tertiary/aromatic N) is 1. The van der Waals surface area contributed by atoms with Gasteiger partial charge in [-0.15, -0.1) is 11.8 Å². The van der Waals surface area contributed by atoms with Gasteiger partial charge in [-0.1, -0.05) is 12.1 Å². The van der Waals surface area contributed by atoms with Crippen LogP contribution in [0.3, 0.4) is 0 Å². The lowest BCUT2D eigenvalue weighted by Crippen LogP contribution is -2.50. The van der Waals surface area contributed by atoms with Crippen molar-refractivity contribution in [2.45, 2.75) is 12.1 Å². The maximum Gasteiger partial charge on any atom is 0.240 e. The molecule has 2 saturated heterocycles. The van der Waals surface area contributed by atoms with E-state index in [1.54, 1.807) is 23.9 Å². The van der Waals surface area contributed by atoms with Crippen LogP contribution in [-0.2, 0) is 9.53 Å². The van der Waals surface area contributed by atoms with E-state index in [1.807, 2.05) is 4.90 Å². The Morgan fingerprint density at radius 3 is 2.90 bits per heavy atom. The Morgan fingerprint density at radius 1 is 1.40 bits per heavy atom. The molecule has 1 aromatic rings. The van der Waals surface area contributed by atoms with Gasteiger partial charge in [-0.2, -0.15) is 0 Å². The van der Waals surface area contributed by atoms with E-state index >= 15 is 0 Å². The lowest BCUT2D eigenvalue weighted by Gasteiger charge is -2.34. The predicted molar refractivity (Wildman–Crippen MR) is 75.9 cm³/mol. The number of thioether (sulfide) groups is 1. The topological polar surface area (TPSA) is 41.6 Å². The number of halogens is 1. The molecular formula is C14H17FN2O2S. The van der Waals surface area contributed by atoms with Crippen LogP contribution in [0.4, 0.5) is 4.39 Å². The van der Waals surface area contributed by atoms with Gasteiger partial charge < -0.3 is 9.64 Å². The average molecular weight is 296 g/mol. The molecule has 0 saturated carbocycles. The normalized spacial score (nSPS) is 26.8. The van der Waals surface area contributed by atoms with E-state index in [0.29, 0.717) is 19.7 Å². The lowest BCUT2D eigenvalue weighted by atomic mass is 10.1. The van der Waals surface area contributed by atoms with E-state index in [4.69, 9.17) is 4.74 Å². The second kappa shape index (κ2) is 6.11. The highest BCUT2D eigenvalue weighted by Gasteiger charge is 2.31. The summed E-state index contributed by atoms with van der Waals surface area (Å²) in [5.74, 6) is 1.55. The summed E-state index contributed by atoms with van der Waals surface area (Å²) < 4.78 is 18.7. The molecule has 0 spiro atoms. The predicted octanol–water partition coefficient (Wildman–Crippen LogP) is 1.39. The van der Waals surface area contributed by atoms with E-state index in [2.05, 4.69) is 5.32 Å². The summed E-state index contributed by atoms with van der Waals surface area (Å²) in [6, 6.07) is 6.21. The number of benzene rings is 1. The summed E-state index contributed by atoms with van der Waals surface area (Å²) in [7, 11) is 0. The van der Waals surface area contributed by atoms with Gasteiger partial charge in [0.15, 0.2) is 0 Å². The van der Waals surface area contributed by atoms with Gasteiger partial charge in [0, 0.05) is 18.2 Å². The SMILES string of the molecule is O=C([C@H]1CSCN1)N1CCOC(c2ccc(F)cc2)C1. The fourth-order valence-electron chi connectivity index (χ4n) is 2.50. The molecule has 6 heteroatoms. The van der Waals surface area contributed by atoms with Crippen LogP contribution >= 0.6 is 11.8 Å². The minimum Gasteiger partial charge on any atom is -0.370 e. The van der Waals surface area contributed by atoms with Crippen molar-refractivity contribution in [3.63, 3.8) is 0 Å². The third-order valence-corrected chi connectivity index (χ3v) is 4.57. The zero-order valence-electron chi connectivity index (χ0n) is 11.0. The number of hydrogen-bond acceptors (Lipinski definition) is 4. The zero-order chi connectivity index (χ0) is 13.9. The Kier molecular flexibility index (Phi) is 4.24. The van der Waals surface area contributed by atoms with Crippen molar-refractivity contribution in [1.29, 1.82) is 0 Å². The summed E-state index contributed by atoms with van der Waals surface area (Å²) >= 11 is 1.74. The van der Waals surface area contributed by atoms with Crippen molar-refractivity contribution in [3.8, 4) is 0 Å². The summed E-state index contributed by atoms with van der Waals surface area (Å²) in [4.78, 5) is 14.2. The highest BCUT2D eigenvalue weighted by molar-refractivity contribution is 7.99. The molecule has 0 aromatic heterocycles. The second-order valence-corrected chi connectivity index (χ2v) is 6.00. The van der Waals surface area contributed by atoms with Crippen LogP contribution in [0.1, 0.15) is 11.7 Å². The Bertz CT molecular complexity index is 477. The first-order valence-corrected chi connectivity index (χ1v) is 7.86. The molecule has 20 heavy (non-hydrogen) atoms. The second-order valence-electron chi connectivity index (χ2n) is 4.97. The van der Waals surface area contributed by atoms with Crippen LogP contribution in [0.5, 0.6) is 0 Å². The highest BCUT2D eigenvalue weighted by atomic mass is 32.2. The fraction of sp³-hybridized carbons (Fsp3) is 0.500. The quantitative estimate of drug-likeness (QED) is 0.895. The Hall–Kier alpha value is -1.11. The largest absolute Gasteiger partial charge is 0.370 e. The van der Waals surface area contributed by atoms with Gasteiger partial charge in [-0.25, -0.2) is 4.39 Å². The van der Waals surface area contributed by atoms with Gasteiger partial charge in [0.1, 0.15) is 11.9 Å². The van der Waals surface area contributed by atoms with Crippen molar-refractivity contribution in [2.75, 3.05) is 31.3 Å². The molecule has 0 bridgehead atoms. The molecule has 2 heterocycles. The van der Waals surface area contributed by atoms with Gasteiger partial charge in [-0.05, 0) is 17.7 Å². The van der Waals surface area contributed by atoms with Crippen LogP contribution in [0.2, 0.25) is 0 Å². The summed E-state index contributed by atoms with van der Waals surface area (Å²) in [5, 5.41) is 3.20. The molecular weight excluding hydrogens is 279 g/mol. The number of nitrogens with one attached hydrogen (secondary N) is 1. The summed E-state index contributed by atoms with van der Waals surface area (Å²) in [6.45, 7) is 1.68. The maximum atomic E-state index is 12.9. The molecule has 0 aliphatic carbocycles. The summed E-state index contributed by atoms with van der Waals surface area (Å²) in [5.41, 5.74) is 0.914. The number of hydrogen-bond donors (Lipinski definition) is 1. The monoisotopic (exact) mass is 296 g/mol. The smallest absolute Gasteiger partial charge is 0.240 e. The van der Waals surface area contributed by atoms with Crippen LogP contribution < -0.4 is 5.32 Å². The Balaban J connectivity index is 1.66. The molecule has 1 amide bonds. The van der Waals surface area contributed by atoms with E-state index in [-0.39, 0.29) is 23.9 Å². The molecule has 1 unspecified atom stereocenters. The van der Waals surface area contributed by atoms with Gasteiger partial charge in [0.05, 0.1) is 19.2 Å². The average Bonchev–Trinajstić information content (AvgIpc) is 3.01. The van der Waals surface area contributed by atoms with Crippen molar-refractivity contribution in [3.05, 3.63) is 35.6 Å². The lowest BCUT2D eigenvalue weighted by molar-refractivity contribution is -0.140. The standard InChI is InChI=1S/C14H17FN2O2S/c15-11-3-1-10(2-4-11)13-7-17(5-6-19-13)14(18)12-8-20-9-16-12/h1-4,12-13,16H,5-9H2/t12-,13?/m1/s1. The molecule has 2 fully saturated rings. The van der Waals surface area contributed by atoms with Crippen molar-refractivity contribution >= 4 is 17.7 Å². The van der Waals surface area contributed by atoms with Gasteiger partial charge >= 0.3 is 0 Å². The minimum absolute atomic E-state index is 0.0769. The number of amides is 1. The molecule has 0 radical (unpaired) electrons. The van der Waals surface area contributed by atoms with Crippen LogP contribution in [0, 0.1) is 5.82 Å². The fourth-order valence-corrected chi connectivity index (χ4v) is 3.44. The first kappa shape index (κ1) is 13.9. The van der Waals surface area contributed by atoms with E-state index in [1.165, 1.54) is 12.1 Å². The minimum atomic E-state index is -0.260. The number of morpholine rings is 1. The van der Waals surface area contributed by atoms with Gasteiger partial charge in [0.25, 0.3) is 0 Å². The Morgan fingerprint density at radius 2 is 2.20 bits per heavy atom. The van der Waals surface area contributed by atoms with Crippen molar-refractivity contribution < 1.29 is 13.9 Å². The van der Waals surface area contributed by atoms with Crippen molar-refractivity contribution in [2.24, 2.45) is 0 Å². The zero-order valence-corrected chi connectivity index (χ0v) is 11.9. The number of carbonyl (C=O) groups excluding carboxylic acids is 1. The van der Waals surface area contributed by atoms with Crippen LogP contribution in [0.15, 0.2) is 24.3 Å². The first-order chi connectivity index (χ1) is 9.74. The molecule has 1 N–H and O–H groups in total. The third kappa shape index (κ3) is 2.97. The maximum absolute atomic E-state index is 12.9. The number of carbonyl (C=O) groups is 1. The molecule has 4 nitrogen and oxygen atoms in total. The van der Waals surface area contributed by atoms with Crippen LogP contribution in [0.25, 0.3) is 0 Å². The van der Waals surface area contributed by atoms with Gasteiger partial charge in [0.2, 0.25) is 5.91 Å². The number of ether oxygens (including phenoxy) is 1. The molecule has 2 aliphatic heterocycles. The third-order valence-electron chi connectivity index (χ3n) is 3.63. The summed E-state index contributed by atoms with van der Waals surface area (Å²) in [6.07, 6.45) is -0.164. The van der Waals surface area contributed by atoms with E-state index in [0.717, 1.165) is 17.2 Å². The van der Waals surface area contributed by atoms with E-state index in [9.17, 15) is 9.18 Å². The Labute approximate surface area is 121 Å². The van der Waals surface area contributed by atoms with Crippen LogP contribution in [-0.4, -0.2) is 48.2 Å². The molecule has 3 rings (SSSR count).